The molecule has 1 aromatic heterocycles. The molecule has 1 unspecified atom stereocenters. The van der Waals surface area contributed by atoms with Crippen LogP contribution in [0.4, 0.5) is 0 Å². The van der Waals surface area contributed by atoms with Crippen LogP contribution in [0.5, 0.6) is 0 Å². The van der Waals surface area contributed by atoms with Gasteiger partial charge in [0.2, 0.25) is 0 Å². The molecule has 5 heteroatoms. The van der Waals surface area contributed by atoms with Gasteiger partial charge < -0.3 is 15.6 Å². The zero-order chi connectivity index (χ0) is 16.7. The minimum atomic E-state index is -0.232. The van der Waals surface area contributed by atoms with Gasteiger partial charge in [-0.15, -0.1) is 0 Å². The maximum absolute atomic E-state index is 13.1. The van der Waals surface area contributed by atoms with Crippen molar-refractivity contribution < 1.29 is 4.79 Å². The van der Waals surface area contributed by atoms with Gasteiger partial charge >= 0.3 is 0 Å². The van der Waals surface area contributed by atoms with Crippen molar-refractivity contribution >= 4 is 5.91 Å². The smallest absolute Gasteiger partial charge is 0.261 e. The van der Waals surface area contributed by atoms with Crippen LogP contribution in [0.25, 0.3) is 0 Å². The lowest BCUT2D eigenvalue weighted by Gasteiger charge is -2.53. The van der Waals surface area contributed by atoms with E-state index in [1.54, 1.807) is 6.07 Å². The van der Waals surface area contributed by atoms with Crippen LogP contribution in [0, 0.1) is 5.41 Å². The third-order valence-corrected chi connectivity index (χ3v) is 6.41. The fourth-order valence-corrected chi connectivity index (χ4v) is 4.56. The number of hydrogen-bond acceptors (Lipinski definition) is 3. The molecule has 2 heterocycles. The average molecular weight is 329 g/mol. The Hall–Kier alpha value is -1.62. The van der Waals surface area contributed by atoms with E-state index in [9.17, 15) is 9.59 Å². The molecule has 1 aromatic rings. The van der Waals surface area contributed by atoms with E-state index in [1.807, 2.05) is 11.0 Å². The van der Waals surface area contributed by atoms with E-state index in [0.29, 0.717) is 12.5 Å². The van der Waals surface area contributed by atoms with Crippen LogP contribution in [0.2, 0.25) is 0 Å². The third-order valence-electron chi connectivity index (χ3n) is 6.41. The van der Waals surface area contributed by atoms with Crippen LogP contribution >= 0.6 is 0 Å². The van der Waals surface area contributed by atoms with Gasteiger partial charge in [0.05, 0.1) is 0 Å². The van der Waals surface area contributed by atoms with Crippen molar-refractivity contribution in [2.75, 3.05) is 13.1 Å². The summed E-state index contributed by atoms with van der Waals surface area (Å²) in [6.07, 6.45) is 8.86. The Balaban J connectivity index is 1.61. The highest BCUT2D eigenvalue weighted by Gasteiger charge is 2.47. The largest absolute Gasteiger partial charge is 0.335 e. The number of nitrogens with two attached hydrogens (primary N) is 1. The number of amides is 1. The molecule has 2 saturated carbocycles. The van der Waals surface area contributed by atoms with Gasteiger partial charge in [0.25, 0.3) is 11.5 Å². The molecule has 3 N–H and O–H groups in total. The first-order valence-electron chi connectivity index (χ1n) is 9.39. The molecule has 3 fully saturated rings. The summed E-state index contributed by atoms with van der Waals surface area (Å²) >= 11 is 0. The van der Waals surface area contributed by atoms with Crippen molar-refractivity contribution in [1.29, 1.82) is 0 Å². The van der Waals surface area contributed by atoms with Crippen molar-refractivity contribution in [2.45, 2.75) is 63.3 Å². The summed E-state index contributed by atoms with van der Waals surface area (Å²) in [5.74, 6) is 0.378. The van der Waals surface area contributed by atoms with E-state index >= 15 is 0 Å². The first kappa shape index (κ1) is 15.9. The predicted octanol–water partition coefficient (Wildman–Crippen LogP) is 2.38. The normalized spacial score (nSPS) is 26.0. The number of piperidine rings is 1. The summed E-state index contributed by atoms with van der Waals surface area (Å²) in [5.41, 5.74) is 7.20. The standard InChI is InChI=1S/C19H27N3O2/c20-12-19(9-3-10-19)16-4-1-2-11-22(16)18(24)14-7-8-15(13-5-6-13)21-17(14)23/h7-8,13,16H,1-6,9-12,20H2,(H,21,23). The van der Waals surface area contributed by atoms with Crippen molar-refractivity contribution in [3.63, 3.8) is 0 Å². The maximum atomic E-state index is 13.1. The Morgan fingerprint density at radius 2 is 2.00 bits per heavy atom. The molecule has 5 nitrogen and oxygen atoms in total. The van der Waals surface area contributed by atoms with E-state index in [1.165, 1.54) is 6.42 Å². The van der Waals surface area contributed by atoms with E-state index in [0.717, 1.165) is 57.2 Å². The van der Waals surface area contributed by atoms with Crippen molar-refractivity contribution in [3.8, 4) is 0 Å². The van der Waals surface area contributed by atoms with Crippen LogP contribution in [-0.4, -0.2) is 34.9 Å². The molecular formula is C19H27N3O2. The minimum Gasteiger partial charge on any atom is -0.335 e. The Labute approximate surface area is 142 Å². The number of hydrogen-bond donors (Lipinski definition) is 2. The fraction of sp³-hybridized carbons (Fsp3) is 0.684. The van der Waals surface area contributed by atoms with Gasteiger partial charge in [0.15, 0.2) is 0 Å². The molecule has 24 heavy (non-hydrogen) atoms. The number of carbonyl (C=O) groups excluding carboxylic acids is 1. The van der Waals surface area contributed by atoms with Gasteiger partial charge in [0.1, 0.15) is 5.56 Å². The van der Waals surface area contributed by atoms with Crippen LogP contribution in [-0.2, 0) is 0 Å². The molecule has 0 radical (unpaired) electrons. The zero-order valence-electron chi connectivity index (χ0n) is 14.2. The summed E-state index contributed by atoms with van der Waals surface area (Å²) in [6, 6.07) is 3.85. The van der Waals surface area contributed by atoms with Crippen molar-refractivity contribution in [2.24, 2.45) is 11.1 Å². The lowest BCUT2D eigenvalue weighted by molar-refractivity contribution is -0.00886. The zero-order valence-corrected chi connectivity index (χ0v) is 14.2. The highest BCUT2D eigenvalue weighted by molar-refractivity contribution is 5.94. The SMILES string of the molecule is NCC1(C2CCCCN2C(=O)c2ccc(C3CC3)[nH]c2=O)CCC1. The van der Waals surface area contributed by atoms with Crippen LogP contribution in [0.15, 0.2) is 16.9 Å². The Kier molecular flexibility index (Phi) is 3.99. The van der Waals surface area contributed by atoms with Crippen LogP contribution in [0.3, 0.4) is 0 Å². The van der Waals surface area contributed by atoms with E-state index in [-0.39, 0.29) is 28.5 Å². The molecule has 0 bridgehead atoms. The fourth-order valence-electron chi connectivity index (χ4n) is 4.56. The molecule has 2 aliphatic carbocycles. The second-order valence-corrected chi connectivity index (χ2v) is 7.86. The summed E-state index contributed by atoms with van der Waals surface area (Å²) < 4.78 is 0. The summed E-state index contributed by atoms with van der Waals surface area (Å²) in [4.78, 5) is 30.4. The molecule has 0 spiro atoms. The monoisotopic (exact) mass is 329 g/mol. The molecule has 1 amide bonds. The number of nitrogens with zero attached hydrogens (tertiary/aromatic N) is 1. The van der Waals surface area contributed by atoms with E-state index in [2.05, 4.69) is 4.98 Å². The number of aromatic nitrogens is 1. The van der Waals surface area contributed by atoms with Crippen molar-refractivity contribution in [1.82, 2.24) is 9.88 Å². The minimum absolute atomic E-state index is 0.0802. The summed E-state index contributed by atoms with van der Waals surface area (Å²) in [7, 11) is 0. The molecule has 4 rings (SSSR count). The number of rotatable bonds is 4. The number of H-pyrrole nitrogens is 1. The van der Waals surface area contributed by atoms with Gasteiger partial charge in [0, 0.05) is 23.7 Å². The molecular weight excluding hydrogens is 302 g/mol. The average Bonchev–Trinajstić information content (AvgIpc) is 3.39. The van der Waals surface area contributed by atoms with E-state index in [4.69, 9.17) is 5.73 Å². The number of nitrogens with one attached hydrogen (secondary N) is 1. The lowest BCUT2D eigenvalue weighted by atomic mass is 9.61. The molecule has 1 saturated heterocycles. The Bertz CT molecular complexity index is 683. The quantitative estimate of drug-likeness (QED) is 0.890. The van der Waals surface area contributed by atoms with Gasteiger partial charge in [-0.05, 0) is 69.5 Å². The van der Waals surface area contributed by atoms with Crippen molar-refractivity contribution in [3.05, 3.63) is 33.7 Å². The number of aromatic amines is 1. The molecule has 0 aromatic carbocycles. The molecule has 1 aliphatic heterocycles. The second kappa shape index (κ2) is 6.03. The number of carbonyl (C=O) groups is 1. The number of likely N-dealkylation sites (tertiary alicyclic amines) is 1. The first-order valence-corrected chi connectivity index (χ1v) is 9.39. The third kappa shape index (κ3) is 2.59. The topological polar surface area (TPSA) is 79.2 Å². The highest BCUT2D eigenvalue weighted by atomic mass is 16.2. The highest BCUT2D eigenvalue weighted by Crippen LogP contribution is 2.47. The maximum Gasteiger partial charge on any atom is 0.261 e. The molecule has 3 aliphatic rings. The van der Waals surface area contributed by atoms with Gasteiger partial charge in [-0.1, -0.05) is 6.42 Å². The first-order chi connectivity index (χ1) is 11.6. The van der Waals surface area contributed by atoms with E-state index < -0.39 is 0 Å². The number of pyridine rings is 1. The Morgan fingerprint density at radius 3 is 2.58 bits per heavy atom. The lowest BCUT2D eigenvalue weighted by Crippen LogP contribution is -2.58. The summed E-state index contributed by atoms with van der Waals surface area (Å²) in [5, 5.41) is 0. The van der Waals surface area contributed by atoms with Gasteiger partial charge in [-0.3, -0.25) is 9.59 Å². The van der Waals surface area contributed by atoms with Crippen LogP contribution in [0.1, 0.15) is 73.3 Å². The summed E-state index contributed by atoms with van der Waals surface area (Å²) in [6.45, 7) is 1.38. The second-order valence-electron chi connectivity index (χ2n) is 7.86. The van der Waals surface area contributed by atoms with Crippen LogP contribution < -0.4 is 11.3 Å². The molecule has 130 valence electrons. The van der Waals surface area contributed by atoms with Gasteiger partial charge in [-0.2, -0.15) is 0 Å². The predicted molar refractivity (Wildman–Crippen MR) is 93.1 cm³/mol. The molecule has 1 atom stereocenters. The Morgan fingerprint density at radius 1 is 1.21 bits per heavy atom. The van der Waals surface area contributed by atoms with Gasteiger partial charge in [-0.25, -0.2) is 0 Å².